The van der Waals surface area contributed by atoms with Gasteiger partial charge < -0.3 is 25.7 Å². The summed E-state index contributed by atoms with van der Waals surface area (Å²) in [6, 6.07) is 3.60. The number of primary amides is 1. The number of ether oxygens (including phenoxy) is 1. The molecule has 1 saturated carbocycles. The van der Waals surface area contributed by atoms with Crippen LogP contribution in [0.1, 0.15) is 55.7 Å². The Labute approximate surface area is 203 Å². The highest BCUT2D eigenvalue weighted by atomic mass is 35.5. The van der Waals surface area contributed by atoms with E-state index in [4.69, 9.17) is 22.1 Å². The number of nitrogens with two attached hydrogens (primary N) is 1. The van der Waals surface area contributed by atoms with Crippen molar-refractivity contribution in [2.45, 2.75) is 58.6 Å². The van der Waals surface area contributed by atoms with Gasteiger partial charge in [0.25, 0.3) is 5.91 Å². The van der Waals surface area contributed by atoms with Crippen LogP contribution in [0.25, 0.3) is 11.1 Å². The zero-order valence-electron chi connectivity index (χ0n) is 19.6. The highest BCUT2D eigenvalue weighted by molar-refractivity contribution is 6.33. The number of aromatic nitrogens is 2. The molecule has 3 heterocycles. The van der Waals surface area contributed by atoms with Crippen LogP contribution >= 0.6 is 11.6 Å². The SMILES string of the molecule is CNC(=O)c1cc(-c2cc(NC(=O)[C@H]3CCC[C@@H](OC(N)=O)C3)ncc2Cl)c2n1CC(C)(C)C2. The van der Waals surface area contributed by atoms with Crippen LogP contribution < -0.4 is 16.4 Å². The van der Waals surface area contributed by atoms with Crippen LogP contribution in [0.3, 0.4) is 0 Å². The summed E-state index contributed by atoms with van der Waals surface area (Å²) >= 11 is 6.53. The Bertz CT molecular complexity index is 1140. The lowest BCUT2D eigenvalue weighted by atomic mass is 9.86. The van der Waals surface area contributed by atoms with Gasteiger partial charge in [0.1, 0.15) is 17.6 Å². The molecule has 2 aliphatic rings. The molecular weight excluding hydrogens is 458 g/mol. The Hall–Kier alpha value is -3.07. The van der Waals surface area contributed by atoms with E-state index in [0.717, 1.165) is 30.6 Å². The van der Waals surface area contributed by atoms with E-state index in [2.05, 4.69) is 29.5 Å². The summed E-state index contributed by atoms with van der Waals surface area (Å²) < 4.78 is 7.14. The largest absolute Gasteiger partial charge is 0.446 e. The molecule has 2 aromatic rings. The fraction of sp³-hybridized carbons (Fsp3) is 0.500. The van der Waals surface area contributed by atoms with Gasteiger partial charge in [0.2, 0.25) is 5.91 Å². The second kappa shape index (κ2) is 9.29. The fourth-order valence-electron chi connectivity index (χ4n) is 5.04. The molecule has 34 heavy (non-hydrogen) atoms. The molecule has 0 saturated heterocycles. The average Bonchev–Trinajstić information content (AvgIpc) is 3.27. The quantitative estimate of drug-likeness (QED) is 0.591. The first-order valence-corrected chi connectivity index (χ1v) is 11.8. The Morgan fingerprint density at radius 3 is 2.71 bits per heavy atom. The lowest BCUT2D eigenvalue weighted by molar-refractivity contribution is -0.122. The first-order chi connectivity index (χ1) is 16.1. The van der Waals surface area contributed by atoms with Gasteiger partial charge in [-0.2, -0.15) is 0 Å². The number of carbonyl (C=O) groups excluding carboxylic acids is 3. The van der Waals surface area contributed by atoms with E-state index in [-0.39, 0.29) is 29.3 Å². The molecule has 182 valence electrons. The Morgan fingerprint density at radius 1 is 1.24 bits per heavy atom. The minimum Gasteiger partial charge on any atom is -0.446 e. The van der Waals surface area contributed by atoms with Crippen LogP contribution in [0, 0.1) is 11.3 Å². The molecule has 2 aromatic heterocycles. The average molecular weight is 488 g/mol. The van der Waals surface area contributed by atoms with Crippen LogP contribution in [0.15, 0.2) is 18.3 Å². The number of anilines is 1. The predicted molar refractivity (Wildman–Crippen MR) is 129 cm³/mol. The third-order valence-electron chi connectivity index (χ3n) is 6.58. The third kappa shape index (κ3) is 4.89. The maximum atomic E-state index is 12.9. The van der Waals surface area contributed by atoms with Crippen molar-refractivity contribution in [1.82, 2.24) is 14.9 Å². The summed E-state index contributed by atoms with van der Waals surface area (Å²) in [5, 5.41) is 6.02. The van der Waals surface area contributed by atoms with Gasteiger partial charge in [-0.05, 0) is 49.7 Å². The van der Waals surface area contributed by atoms with Crippen LogP contribution in [0.5, 0.6) is 0 Å². The number of carbonyl (C=O) groups is 3. The molecule has 1 fully saturated rings. The molecule has 1 aliphatic heterocycles. The summed E-state index contributed by atoms with van der Waals surface area (Å²) in [5.41, 5.74) is 8.33. The summed E-state index contributed by atoms with van der Waals surface area (Å²) in [6.07, 6.45) is 3.71. The Balaban J connectivity index is 1.60. The van der Waals surface area contributed by atoms with Crippen molar-refractivity contribution in [3.8, 4) is 11.1 Å². The van der Waals surface area contributed by atoms with Crippen LogP contribution in [0.2, 0.25) is 5.02 Å². The van der Waals surface area contributed by atoms with Gasteiger partial charge in [-0.25, -0.2) is 9.78 Å². The van der Waals surface area contributed by atoms with E-state index < -0.39 is 6.09 Å². The number of fused-ring (bicyclic) bond motifs is 1. The van der Waals surface area contributed by atoms with Gasteiger partial charge in [0.05, 0.1) is 5.02 Å². The number of pyridine rings is 1. The van der Waals surface area contributed by atoms with Gasteiger partial charge in [-0.3, -0.25) is 9.59 Å². The molecule has 0 spiro atoms. The minimum absolute atomic E-state index is 0.00910. The van der Waals surface area contributed by atoms with Gasteiger partial charge in [-0.1, -0.05) is 25.4 Å². The van der Waals surface area contributed by atoms with Crippen LogP contribution in [-0.4, -0.2) is 40.6 Å². The molecule has 0 bridgehead atoms. The number of nitrogens with one attached hydrogen (secondary N) is 2. The van der Waals surface area contributed by atoms with Crippen molar-refractivity contribution >= 4 is 35.3 Å². The van der Waals surface area contributed by atoms with E-state index in [1.807, 2.05) is 10.6 Å². The van der Waals surface area contributed by atoms with Crippen molar-refractivity contribution in [3.63, 3.8) is 0 Å². The van der Waals surface area contributed by atoms with Gasteiger partial charge in [0, 0.05) is 42.5 Å². The maximum Gasteiger partial charge on any atom is 0.404 e. The molecule has 4 N–H and O–H groups in total. The Kier molecular flexibility index (Phi) is 6.58. The maximum absolute atomic E-state index is 12.9. The molecule has 10 heteroatoms. The Morgan fingerprint density at radius 2 is 2.00 bits per heavy atom. The zero-order valence-corrected chi connectivity index (χ0v) is 20.4. The lowest BCUT2D eigenvalue weighted by Crippen LogP contribution is -2.33. The molecule has 9 nitrogen and oxygen atoms in total. The molecule has 2 atom stereocenters. The van der Waals surface area contributed by atoms with Gasteiger partial charge in [0.15, 0.2) is 0 Å². The molecule has 4 rings (SSSR count). The van der Waals surface area contributed by atoms with E-state index in [0.29, 0.717) is 41.4 Å². The molecule has 0 radical (unpaired) electrons. The van der Waals surface area contributed by atoms with Crippen molar-refractivity contribution in [3.05, 3.63) is 34.7 Å². The van der Waals surface area contributed by atoms with Crippen molar-refractivity contribution in [1.29, 1.82) is 0 Å². The van der Waals surface area contributed by atoms with Gasteiger partial charge >= 0.3 is 6.09 Å². The van der Waals surface area contributed by atoms with E-state index in [1.54, 1.807) is 13.1 Å². The van der Waals surface area contributed by atoms with Crippen molar-refractivity contribution < 1.29 is 19.1 Å². The summed E-state index contributed by atoms with van der Waals surface area (Å²) in [5.74, 6) is -0.277. The number of hydrogen-bond donors (Lipinski definition) is 3. The number of amides is 3. The first kappa shape index (κ1) is 24.1. The molecule has 1 aliphatic carbocycles. The standard InChI is InChI=1S/C24H30ClN5O4/c1-24(2)10-19-16(8-18(22(32)27-3)30(19)12-24)15-9-20(28-11-17(15)25)29-21(31)13-5-4-6-14(7-13)34-23(26)33/h8-9,11,13-14H,4-7,10,12H2,1-3H3,(H2,26,33)(H,27,32)(H,28,29,31)/t13-,14+/m0/s1. The molecular formula is C24H30ClN5O4. The third-order valence-corrected chi connectivity index (χ3v) is 6.88. The molecule has 3 amide bonds. The van der Waals surface area contributed by atoms with E-state index in [1.165, 1.54) is 6.20 Å². The number of rotatable bonds is 5. The minimum atomic E-state index is -0.825. The second-order valence-corrected chi connectivity index (χ2v) is 10.3. The predicted octanol–water partition coefficient (Wildman–Crippen LogP) is 3.74. The van der Waals surface area contributed by atoms with Crippen molar-refractivity contribution in [2.75, 3.05) is 12.4 Å². The topological polar surface area (TPSA) is 128 Å². The van der Waals surface area contributed by atoms with E-state index in [9.17, 15) is 14.4 Å². The second-order valence-electron chi connectivity index (χ2n) is 9.86. The number of hydrogen-bond acceptors (Lipinski definition) is 5. The fourth-order valence-corrected chi connectivity index (χ4v) is 5.25. The number of halogens is 1. The van der Waals surface area contributed by atoms with Crippen molar-refractivity contribution in [2.24, 2.45) is 17.1 Å². The monoisotopic (exact) mass is 487 g/mol. The lowest BCUT2D eigenvalue weighted by Gasteiger charge is -2.27. The normalized spacial score (nSPS) is 20.9. The number of nitrogens with zero attached hydrogens (tertiary/aromatic N) is 2. The van der Waals surface area contributed by atoms with E-state index >= 15 is 0 Å². The van der Waals surface area contributed by atoms with Gasteiger partial charge in [-0.15, -0.1) is 0 Å². The molecule has 0 aromatic carbocycles. The highest BCUT2D eigenvalue weighted by Gasteiger charge is 2.35. The van der Waals surface area contributed by atoms with Crippen LogP contribution in [0.4, 0.5) is 10.6 Å². The first-order valence-electron chi connectivity index (χ1n) is 11.5. The molecule has 0 unspecified atom stereocenters. The smallest absolute Gasteiger partial charge is 0.404 e. The highest BCUT2D eigenvalue weighted by Crippen LogP contribution is 2.42. The summed E-state index contributed by atoms with van der Waals surface area (Å²) in [7, 11) is 1.61. The van der Waals surface area contributed by atoms with Crippen LogP contribution in [-0.2, 0) is 22.5 Å². The zero-order chi connectivity index (χ0) is 24.6. The summed E-state index contributed by atoms with van der Waals surface area (Å²) in [6.45, 7) is 5.06. The summed E-state index contributed by atoms with van der Waals surface area (Å²) in [4.78, 5) is 40.8.